The maximum atomic E-state index is 13.9. The zero-order valence-corrected chi connectivity index (χ0v) is 16.9. The Morgan fingerprint density at radius 2 is 1.50 bits per heavy atom. The lowest BCUT2D eigenvalue weighted by atomic mass is 10.0. The molecular weight excluding hydrogens is 379 g/mol. The quantitative estimate of drug-likeness (QED) is 0.651. The van der Waals surface area contributed by atoms with E-state index in [-0.39, 0.29) is 17.4 Å². The fraction of sp³-hybridized carbons (Fsp3) is 0.280. The van der Waals surface area contributed by atoms with Crippen molar-refractivity contribution in [1.29, 1.82) is 0 Å². The molecule has 154 valence electrons. The van der Waals surface area contributed by atoms with Crippen LogP contribution in [0.5, 0.6) is 0 Å². The van der Waals surface area contributed by atoms with Gasteiger partial charge in [0.1, 0.15) is 5.82 Å². The molecule has 0 saturated carbocycles. The van der Waals surface area contributed by atoms with Crippen LogP contribution in [0.2, 0.25) is 0 Å². The summed E-state index contributed by atoms with van der Waals surface area (Å²) < 4.78 is 13.9. The average Bonchev–Trinajstić information content (AvgIpc) is 3.03. The minimum Gasteiger partial charge on any atom is -0.341 e. The van der Waals surface area contributed by atoms with E-state index in [1.165, 1.54) is 22.9 Å². The first-order chi connectivity index (χ1) is 14.6. The summed E-state index contributed by atoms with van der Waals surface area (Å²) in [7, 11) is 0. The fourth-order valence-corrected chi connectivity index (χ4v) is 3.98. The van der Waals surface area contributed by atoms with Gasteiger partial charge in [-0.1, -0.05) is 54.6 Å². The van der Waals surface area contributed by atoms with Gasteiger partial charge >= 0.3 is 0 Å². The highest BCUT2D eigenvalue weighted by atomic mass is 19.1. The van der Waals surface area contributed by atoms with Crippen molar-refractivity contribution in [2.24, 2.45) is 0 Å². The summed E-state index contributed by atoms with van der Waals surface area (Å²) in [5.41, 5.74) is 1.24. The number of halogens is 1. The molecule has 0 aliphatic carbocycles. The van der Waals surface area contributed by atoms with E-state index >= 15 is 0 Å². The van der Waals surface area contributed by atoms with Gasteiger partial charge in [0.2, 0.25) is 5.91 Å². The summed E-state index contributed by atoms with van der Waals surface area (Å²) in [6.45, 7) is 2.06. The topological polar surface area (TPSA) is 40.6 Å². The molecule has 30 heavy (non-hydrogen) atoms. The molecule has 3 aromatic rings. The van der Waals surface area contributed by atoms with E-state index in [0.717, 1.165) is 5.56 Å². The maximum Gasteiger partial charge on any atom is 0.256 e. The van der Waals surface area contributed by atoms with Crippen molar-refractivity contribution < 1.29 is 14.0 Å². The number of aryl methyl sites for hydroxylation is 1. The molecule has 1 heterocycles. The van der Waals surface area contributed by atoms with Gasteiger partial charge in [-0.3, -0.25) is 9.59 Å². The highest BCUT2D eigenvalue weighted by molar-refractivity contribution is 5.94. The molecule has 4 rings (SSSR count). The van der Waals surface area contributed by atoms with Crippen molar-refractivity contribution in [1.82, 2.24) is 9.80 Å². The Labute approximate surface area is 175 Å². The van der Waals surface area contributed by atoms with Crippen molar-refractivity contribution in [3.63, 3.8) is 0 Å². The molecule has 1 saturated heterocycles. The Bertz CT molecular complexity index is 1070. The van der Waals surface area contributed by atoms with Gasteiger partial charge in [0.05, 0.1) is 5.56 Å². The SMILES string of the molecule is O=C(CCc1ccc2ccccc2c1)N1CCCN(C(=O)c2ccccc2F)CC1. The van der Waals surface area contributed by atoms with Crippen molar-refractivity contribution in [2.75, 3.05) is 26.2 Å². The van der Waals surface area contributed by atoms with Crippen LogP contribution in [0.15, 0.2) is 66.7 Å². The van der Waals surface area contributed by atoms with Crippen molar-refractivity contribution in [2.45, 2.75) is 19.3 Å². The van der Waals surface area contributed by atoms with E-state index in [4.69, 9.17) is 0 Å². The van der Waals surface area contributed by atoms with Crippen LogP contribution in [0.4, 0.5) is 4.39 Å². The smallest absolute Gasteiger partial charge is 0.256 e. The van der Waals surface area contributed by atoms with Crippen LogP contribution in [0.1, 0.15) is 28.8 Å². The zero-order chi connectivity index (χ0) is 20.9. The summed E-state index contributed by atoms with van der Waals surface area (Å²) in [5.74, 6) is -0.711. The Morgan fingerprint density at radius 1 is 0.800 bits per heavy atom. The van der Waals surface area contributed by atoms with E-state index in [0.29, 0.717) is 45.4 Å². The molecule has 2 amide bonds. The third-order valence-corrected chi connectivity index (χ3v) is 5.68. The molecule has 1 aliphatic heterocycles. The van der Waals surface area contributed by atoms with E-state index in [2.05, 4.69) is 30.3 Å². The van der Waals surface area contributed by atoms with Crippen LogP contribution in [-0.4, -0.2) is 47.8 Å². The predicted octanol–water partition coefficient (Wildman–Crippen LogP) is 4.29. The van der Waals surface area contributed by atoms with Gasteiger partial charge in [0.25, 0.3) is 5.91 Å². The van der Waals surface area contributed by atoms with Gasteiger partial charge in [0.15, 0.2) is 0 Å². The van der Waals surface area contributed by atoms with Crippen molar-refractivity contribution in [3.05, 3.63) is 83.7 Å². The van der Waals surface area contributed by atoms with Crippen LogP contribution >= 0.6 is 0 Å². The molecule has 0 spiro atoms. The van der Waals surface area contributed by atoms with Crippen LogP contribution in [0.25, 0.3) is 10.8 Å². The van der Waals surface area contributed by atoms with Gasteiger partial charge < -0.3 is 9.80 Å². The summed E-state index contributed by atoms with van der Waals surface area (Å²) in [4.78, 5) is 28.9. The number of amides is 2. The minimum atomic E-state index is -0.505. The highest BCUT2D eigenvalue weighted by Gasteiger charge is 2.24. The third kappa shape index (κ3) is 4.51. The molecule has 4 nitrogen and oxygen atoms in total. The summed E-state index contributed by atoms with van der Waals surface area (Å²) in [5, 5.41) is 2.37. The average molecular weight is 404 g/mol. The molecule has 0 aromatic heterocycles. The van der Waals surface area contributed by atoms with Crippen LogP contribution in [-0.2, 0) is 11.2 Å². The molecule has 1 aliphatic rings. The second-order valence-electron chi connectivity index (χ2n) is 7.69. The molecule has 0 atom stereocenters. The lowest BCUT2D eigenvalue weighted by Crippen LogP contribution is -2.37. The molecule has 0 bridgehead atoms. The minimum absolute atomic E-state index is 0.0913. The number of hydrogen-bond acceptors (Lipinski definition) is 2. The first-order valence-electron chi connectivity index (χ1n) is 10.4. The summed E-state index contributed by atoms with van der Waals surface area (Å²) >= 11 is 0. The largest absolute Gasteiger partial charge is 0.341 e. The Hall–Kier alpha value is -3.21. The van der Waals surface area contributed by atoms with Gasteiger partial charge in [-0.25, -0.2) is 4.39 Å². The Kier molecular flexibility index (Phi) is 6.07. The Balaban J connectivity index is 1.34. The van der Waals surface area contributed by atoms with Crippen LogP contribution in [0.3, 0.4) is 0 Å². The van der Waals surface area contributed by atoms with Gasteiger partial charge in [0, 0.05) is 32.6 Å². The first-order valence-corrected chi connectivity index (χ1v) is 10.4. The number of rotatable bonds is 4. The molecule has 3 aromatic carbocycles. The second kappa shape index (κ2) is 9.08. The molecule has 0 radical (unpaired) electrons. The maximum absolute atomic E-state index is 13.9. The number of nitrogens with zero attached hydrogens (tertiary/aromatic N) is 2. The predicted molar refractivity (Wildman–Crippen MR) is 116 cm³/mol. The molecule has 0 unspecified atom stereocenters. The zero-order valence-electron chi connectivity index (χ0n) is 16.9. The summed E-state index contributed by atoms with van der Waals surface area (Å²) in [6.07, 6.45) is 1.83. The Morgan fingerprint density at radius 3 is 2.33 bits per heavy atom. The van der Waals surface area contributed by atoms with Crippen molar-refractivity contribution in [3.8, 4) is 0 Å². The number of benzene rings is 3. The lowest BCUT2D eigenvalue weighted by Gasteiger charge is -2.22. The number of fused-ring (bicyclic) bond motifs is 1. The number of carbonyl (C=O) groups is 2. The molecular formula is C25H25FN2O2. The number of carbonyl (C=O) groups excluding carboxylic acids is 2. The van der Waals surface area contributed by atoms with E-state index in [1.807, 2.05) is 17.0 Å². The van der Waals surface area contributed by atoms with Crippen LogP contribution in [0, 0.1) is 5.82 Å². The molecule has 5 heteroatoms. The van der Waals surface area contributed by atoms with Gasteiger partial charge in [-0.2, -0.15) is 0 Å². The summed E-state index contributed by atoms with van der Waals surface area (Å²) in [6, 6.07) is 20.5. The molecule has 1 fully saturated rings. The number of hydrogen-bond donors (Lipinski definition) is 0. The second-order valence-corrected chi connectivity index (χ2v) is 7.69. The molecule has 0 N–H and O–H groups in total. The van der Waals surface area contributed by atoms with E-state index < -0.39 is 5.82 Å². The van der Waals surface area contributed by atoms with Crippen molar-refractivity contribution >= 4 is 22.6 Å². The van der Waals surface area contributed by atoms with Gasteiger partial charge in [-0.15, -0.1) is 0 Å². The van der Waals surface area contributed by atoms with E-state index in [1.54, 1.807) is 17.0 Å². The first kappa shape index (κ1) is 20.1. The standard InChI is InChI=1S/C25H25FN2O2/c26-23-9-4-3-8-22(23)25(30)28-15-5-14-27(16-17-28)24(29)13-11-19-10-12-20-6-1-2-7-21(20)18-19/h1-4,6-10,12,18H,5,11,13-17H2. The normalized spacial score (nSPS) is 14.6. The third-order valence-electron chi connectivity index (χ3n) is 5.68. The monoisotopic (exact) mass is 404 g/mol. The fourth-order valence-electron chi connectivity index (χ4n) is 3.98. The van der Waals surface area contributed by atoms with E-state index in [9.17, 15) is 14.0 Å². The van der Waals surface area contributed by atoms with Crippen LogP contribution < -0.4 is 0 Å². The lowest BCUT2D eigenvalue weighted by molar-refractivity contribution is -0.131. The van der Waals surface area contributed by atoms with Gasteiger partial charge in [-0.05, 0) is 41.3 Å². The highest BCUT2D eigenvalue weighted by Crippen LogP contribution is 2.18.